The van der Waals surface area contributed by atoms with Crippen molar-refractivity contribution in [2.75, 3.05) is 10.6 Å². The molecular formula is C15H13N3O4. The summed E-state index contributed by atoms with van der Waals surface area (Å²) in [7, 11) is 0. The first-order valence-corrected chi connectivity index (χ1v) is 6.40. The third kappa shape index (κ3) is 3.66. The van der Waals surface area contributed by atoms with E-state index in [9.17, 15) is 19.7 Å². The highest BCUT2D eigenvalue weighted by Gasteiger charge is 2.16. The van der Waals surface area contributed by atoms with Gasteiger partial charge < -0.3 is 10.6 Å². The van der Waals surface area contributed by atoms with Gasteiger partial charge in [0.15, 0.2) is 0 Å². The van der Waals surface area contributed by atoms with Crippen LogP contribution in [-0.4, -0.2) is 16.7 Å². The molecule has 0 atom stereocenters. The van der Waals surface area contributed by atoms with E-state index in [1.807, 2.05) is 0 Å². The van der Waals surface area contributed by atoms with Crippen LogP contribution < -0.4 is 10.6 Å². The molecule has 0 bridgehead atoms. The SMILES string of the molecule is Cc1cc([N+](=O)[O-])ccc1NC(=O)C(=O)Nc1ccccc1. The number of amides is 2. The highest BCUT2D eigenvalue weighted by Crippen LogP contribution is 2.21. The van der Waals surface area contributed by atoms with Gasteiger partial charge >= 0.3 is 11.8 Å². The summed E-state index contributed by atoms with van der Waals surface area (Å²) in [5.41, 5.74) is 1.26. The summed E-state index contributed by atoms with van der Waals surface area (Å²) in [6.07, 6.45) is 0. The van der Waals surface area contributed by atoms with Crippen molar-refractivity contribution in [3.63, 3.8) is 0 Å². The molecule has 0 unspecified atom stereocenters. The number of nitro benzene ring substituents is 1. The number of nitrogens with one attached hydrogen (secondary N) is 2. The van der Waals surface area contributed by atoms with Crippen LogP contribution in [0.1, 0.15) is 5.56 Å². The molecule has 2 aromatic rings. The van der Waals surface area contributed by atoms with Crippen LogP contribution in [-0.2, 0) is 9.59 Å². The van der Waals surface area contributed by atoms with Crippen LogP contribution >= 0.6 is 0 Å². The molecule has 112 valence electrons. The summed E-state index contributed by atoms with van der Waals surface area (Å²) < 4.78 is 0. The number of nitrogens with zero attached hydrogens (tertiary/aromatic N) is 1. The van der Waals surface area contributed by atoms with E-state index in [2.05, 4.69) is 10.6 Å². The lowest BCUT2D eigenvalue weighted by molar-refractivity contribution is -0.384. The first-order chi connectivity index (χ1) is 10.5. The second-order valence-corrected chi connectivity index (χ2v) is 4.53. The molecule has 2 aromatic carbocycles. The Balaban J connectivity index is 2.05. The van der Waals surface area contributed by atoms with Crippen LogP contribution in [0.2, 0.25) is 0 Å². The summed E-state index contributed by atoms with van der Waals surface area (Å²) in [5.74, 6) is -1.66. The van der Waals surface area contributed by atoms with Gasteiger partial charge in [0.2, 0.25) is 0 Å². The zero-order valence-corrected chi connectivity index (χ0v) is 11.7. The molecule has 0 heterocycles. The zero-order valence-electron chi connectivity index (χ0n) is 11.7. The summed E-state index contributed by atoms with van der Waals surface area (Å²) >= 11 is 0. The molecule has 2 N–H and O–H groups in total. The number of nitro groups is 1. The number of anilines is 2. The van der Waals surface area contributed by atoms with Crippen molar-refractivity contribution >= 4 is 28.9 Å². The fraction of sp³-hybridized carbons (Fsp3) is 0.0667. The van der Waals surface area contributed by atoms with E-state index >= 15 is 0 Å². The molecule has 0 radical (unpaired) electrons. The van der Waals surface area contributed by atoms with Crippen LogP contribution in [0, 0.1) is 17.0 Å². The Labute approximate surface area is 126 Å². The predicted octanol–water partition coefficient (Wildman–Crippen LogP) is 2.48. The Morgan fingerprint density at radius 1 is 1.00 bits per heavy atom. The minimum absolute atomic E-state index is 0.0794. The third-order valence-electron chi connectivity index (χ3n) is 2.91. The standard InChI is InChI=1S/C15H13N3O4/c1-10-9-12(18(21)22)7-8-13(10)17-15(20)14(19)16-11-5-3-2-4-6-11/h2-9H,1H3,(H,16,19)(H,17,20). The molecular weight excluding hydrogens is 286 g/mol. The van der Waals surface area contributed by atoms with Gasteiger partial charge in [-0.25, -0.2) is 0 Å². The van der Waals surface area contributed by atoms with E-state index in [-0.39, 0.29) is 5.69 Å². The first kappa shape index (κ1) is 15.2. The van der Waals surface area contributed by atoms with Gasteiger partial charge in [-0.2, -0.15) is 0 Å². The monoisotopic (exact) mass is 299 g/mol. The molecule has 0 aliphatic rings. The maximum atomic E-state index is 11.8. The highest BCUT2D eigenvalue weighted by molar-refractivity contribution is 6.43. The summed E-state index contributed by atoms with van der Waals surface area (Å²) in [4.78, 5) is 33.7. The van der Waals surface area contributed by atoms with Crippen LogP contribution in [0.4, 0.5) is 17.1 Å². The third-order valence-corrected chi connectivity index (χ3v) is 2.91. The molecule has 22 heavy (non-hydrogen) atoms. The van der Waals surface area contributed by atoms with Gasteiger partial charge in [0, 0.05) is 23.5 Å². The van der Waals surface area contributed by atoms with Crippen LogP contribution in [0.3, 0.4) is 0 Å². The Kier molecular flexibility index (Phi) is 4.47. The number of benzene rings is 2. The lowest BCUT2D eigenvalue weighted by atomic mass is 10.2. The average molecular weight is 299 g/mol. The molecule has 0 aromatic heterocycles. The number of non-ortho nitro benzene ring substituents is 1. The number of hydrogen-bond acceptors (Lipinski definition) is 4. The molecule has 0 fully saturated rings. The summed E-state index contributed by atoms with van der Waals surface area (Å²) in [6.45, 7) is 1.61. The van der Waals surface area contributed by atoms with Crippen molar-refractivity contribution in [3.8, 4) is 0 Å². The van der Waals surface area contributed by atoms with E-state index < -0.39 is 16.7 Å². The lowest BCUT2D eigenvalue weighted by Crippen LogP contribution is -2.29. The molecule has 7 nitrogen and oxygen atoms in total. The second kappa shape index (κ2) is 6.49. The Morgan fingerprint density at radius 2 is 1.64 bits per heavy atom. The van der Waals surface area contributed by atoms with E-state index in [0.29, 0.717) is 16.9 Å². The largest absolute Gasteiger partial charge is 0.318 e. The van der Waals surface area contributed by atoms with Gasteiger partial charge in [-0.05, 0) is 30.7 Å². The van der Waals surface area contributed by atoms with Crippen molar-refractivity contribution in [1.29, 1.82) is 0 Å². The highest BCUT2D eigenvalue weighted by atomic mass is 16.6. The minimum atomic E-state index is -0.846. The lowest BCUT2D eigenvalue weighted by Gasteiger charge is -2.08. The number of rotatable bonds is 3. The first-order valence-electron chi connectivity index (χ1n) is 6.40. The van der Waals surface area contributed by atoms with Gasteiger partial charge in [0.05, 0.1) is 4.92 Å². The number of carbonyl (C=O) groups excluding carboxylic acids is 2. The zero-order chi connectivity index (χ0) is 16.1. The van der Waals surface area contributed by atoms with Crippen molar-refractivity contribution < 1.29 is 14.5 Å². The number of para-hydroxylation sites is 1. The fourth-order valence-electron chi connectivity index (χ4n) is 1.79. The summed E-state index contributed by atoms with van der Waals surface area (Å²) in [5, 5.41) is 15.5. The maximum absolute atomic E-state index is 11.8. The van der Waals surface area contributed by atoms with E-state index in [1.165, 1.54) is 18.2 Å². The maximum Gasteiger partial charge on any atom is 0.314 e. The number of hydrogen-bond donors (Lipinski definition) is 2. The van der Waals surface area contributed by atoms with Crippen molar-refractivity contribution in [2.45, 2.75) is 6.92 Å². The fourth-order valence-corrected chi connectivity index (χ4v) is 1.79. The molecule has 0 saturated heterocycles. The molecule has 0 aliphatic heterocycles. The van der Waals surface area contributed by atoms with Crippen molar-refractivity contribution in [2.24, 2.45) is 0 Å². The minimum Gasteiger partial charge on any atom is -0.318 e. The quantitative estimate of drug-likeness (QED) is 0.516. The molecule has 2 amide bonds. The Bertz CT molecular complexity index is 729. The van der Waals surface area contributed by atoms with Gasteiger partial charge in [0.25, 0.3) is 5.69 Å². The normalized spacial score (nSPS) is 9.86. The molecule has 2 rings (SSSR count). The van der Waals surface area contributed by atoms with E-state index in [4.69, 9.17) is 0 Å². The second-order valence-electron chi connectivity index (χ2n) is 4.53. The van der Waals surface area contributed by atoms with Gasteiger partial charge in [0.1, 0.15) is 0 Å². The Hall–Kier alpha value is -3.22. The van der Waals surface area contributed by atoms with Gasteiger partial charge in [-0.1, -0.05) is 18.2 Å². The Morgan fingerprint density at radius 3 is 2.23 bits per heavy atom. The number of carbonyl (C=O) groups is 2. The van der Waals surface area contributed by atoms with Gasteiger partial charge in [-0.3, -0.25) is 19.7 Å². The van der Waals surface area contributed by atoms with Gasteiger partial charge in [-0.15, -0.1) is 0 Å². The van der Waals surface area contributed by atoms with E-state index in [1.54, 1.807) is 37.3 Å². The van der Waals surface area contributed by atoms with Crippen LogP contribution in [0.5, 0.6) is 0 Å². The van der Waals surface area contributed by atoms with Crippen molar-refractivity contribution in [1.82, 2.24) is 0 Å². The van der Waals surface area contributed by atoms with Crippen LogP contribution in [0.25, 0.3) is 0 Å². The average Bonchev–Trinajstić information content (AvgIpc) is 2.50. The van der Waals surface area contributed by atoms with Crippen molar-refractivity contribution in [3.05, 3.63) is 64.2 Å². The molecule has 0 aliphatic carbocycles. The number of aryl methyl sites for hydroxylation is 1. The molecule has 7 heteroatoms. The topological polar surface area (TPSA) is 101 Å². The molecule has 0 spiro atoms. The van der Waals surface area contributed by atoms with E-state index in [0.717, 1.165) is 0 Å². The van der Waals surface area contributed by atoms with Crippen LogP contribution in [0.15, 0.2) is 48.5 Å². The predicted molar refractivity (Wildman–Crippen MR) is 81.5 cm³/mol. The molecule has 0 saturated carbocycles. The summed E-state index contributed by atoms with van der Waals surface area (Å²) in [6, 6.07) is 12.5. The smallest absolute Gasteiger partial charge is 0.314 e.